The van der Waals surface area contributed by atoms with Crippen LogP contribution < -0.4 is 0 Å². The first-order valence-corrected chi connectivity index (χ1v) is 9.46. The Morgan fingerprint density at radius 1 is 0.700 bits per heavy atom. The van der Waals surface area contributed by atoms with Gasteiger partial charge in [-0.2, -0.15) is 0 Å². The largest absolute Gasteiger partial charge is 0.0651 e. The van der Waals surface area contributed by atoms with E-state index in [1.165, 1.54) is 51.4 Å². The Morgan fingerprint density at radius 3 is 1.70 bits per heavy atom. The van der Waals surface area contributed by atoms with Crippen LogP contribution in [0.1, 0.15) is 99.8 Å². The van der Waals surface area contributed by atoms with Gasteiger partial charge < -0.3 is 0 Å². The van der Waals surface area contributed by atoms with Crippen LogP contribution in [0.4, 0.5) is 0 Å². The molecule has 0 aliphatic heterocycles. The van der Waals surface area contributed by atoms with Gasteiger partial charge in [0.25, 0.3) is 0 Å². The van der Waals surface area contributed by atoms with Crippen molar-refractivity contribution in [3.8, 4) is 0 Å². The van der Waals surface area contributed by atoms with Gasteiger partial charge in [-0.05, 0) is 36.0 Å². The average molecular weight is 283 g/mol. The second-order valence-electron chi connectivity index (χ2n) is 7.60. The van der Waals surface area contributed by atoms with Gasteiger partial charge in [-0.25, -0.2) is 0 Å². The third kappa shape index (κ3) is 8.32. The zero-order chi connectivity index (χ0) is 15.5. The van der Waals surface area contributed by atoms with E-state index >= 15 is 0 Å². The minimum Gasteiger partial charge on any atom is -0.0651 e. The molecule has 3 atom stereocenters. The van der Waals surface area contributed by atoms with Crippen molar-refractivity contribution in [3.05, 3.63) is 0 Å². The molecule has 0 aliphatic rings. The maximum Gasteiger partial charge on any atom is -0.0363 e. The second-order valence-corrected chi connectivity index (χ2v) is 7.60. The van der Waals surface area contributed by atoms with Crippen molar-refractivity contribution in [2.75, 3.05) is 0 Å². The third-order valence-corrected chi connectivity index (χ3v) is 5.64. The van der Waals surface area contributed by atoms with E-state index in [4.69, 9.17) is 0 Å². The summed E-state index contributed by atoms with van der Waals surface area (Å²) < 4.78 is 0. The summed E-state index contributed by atoms with van der Waals surface area (Å²) in [7, 11) is 0. The van der Waals surface area contributed by atoms with Gasteiger partial charge in [-0.1, -0.05) is 93.4 Å². The van der Waals surface area contributed by atoms with Crippen molar-refractivity contribution in [2.45, 2.75) is 99.8 Å². The molecule has 0 saturated carbocycles. The summed E-state index contributed by atoms with van der Waals surface area (Å²) in [6.07, 6.45) is 11.3. The summed E-state index contributed by atoms with van der Waals surface area (Å²) in [6.45, 7) is 16.8. The fourth-order valence-corrected chi connectivity index (χ4v) is 3.60. The molecule has 0 rings (SSSR count). The summed E-state index contributed by atoms with van der Waals surface area (Å²) in [6, 6.07) is 0. The van der Waals surface area contributed by atoms with Gasteiger partial charge >= 0.3 is 0 Å². The van der Waals surface area contributed by atoms with Crippen LogP contribution in [0.3, 0.4) is 0 Å². The van der Waals surface area contributed by atoms with Crippen LogP contribution in [-0.2, 0) is 0 Å². The molecule has 3 unspecified atom stereocenters. The lowest BCUT2D eigenvalue weighted by Gasteiger charge is -2.30. The monoisotopic (exact) mass is 282 g/mol. The van der Waals surface area contributed by atoms with E-state index in [0.717, 1.165) is 29.6 Å². The smallest absolute Gasteiger partial charge is 0.0363 e. The fraction of sp³-hybridized carbons (Fsp3) is 1.00. The molecule has 0 aliphatic carbocycles. The first-order chi connectivity index (χ1) is 9.46. The van der Waals surface area contributed by atoms with Gasteiger partial charge in [-0.3, -0.25) is 0 Å². The lowest BCUT2D eigenvalue weighted by atomic mass is 9.76. The molecule has 0 bridgehead atoms. The quantitative estimate of drug-likeness (QED) is 0.329. The molecule has 0 N–H and O–H groups in total. The minimum atomic E-state index is 0.845. The van der Waals surface area contributed by atoms with Crippen LogP contribution in [0.5, 0.6) is 0 Å². The van der Waals surface area contributed by atoms with Crippen molar-refractivity contribution in [2.24, 2.45) is 29.6 Å². The molecular weight excluding hydrogens is 240 g/mol. The van der Waals surface area contributed by atoms with Crippen LogP contribution in [-0.4, -0.2) is 0 Å². The number of hydrogen-bond donors (Lipinski definition) is 0. The van der Waals surface area contributed by atoms with E-state index in [1.54, 1.807) is 0 Å². The topological polar surface area (TPSA) is 0 Å². The molecule has 0 aromatic rings. The molecule has 0 aromatic heterocycles. The lowest BCUT2D eigenvalue weighted by molar-refractivity contribution is 0.205. The summed E-state index contributed by atoms with van der Waals surface area (Å²) in [5.41, 5.74) is 0. The van der Waals surface area contributed by atoms with Crippen molar-refractivity contribution in [3.63, 3.8) is 0 Å². The number of unbranched alkanes of at least 4 members (excludes halogenated alkanes) is 1. The summed E-state index contributed by atoms with van der Waals surface area (Å²) in [5.74, 6) is 4.56. The molecule has 0 radical (unpaired) electrons. The Morgan fingerprint density at radius 2 is 1.25 bits per heavy atom. The Bertz CT molecular complexity index is 202. The lowest BCUT2D eigenvalue weighted by Crippen LogP contribution is -2.20. The Balaban J connectivity index is 4.04. The van der Waals surface area contributed by atoms with E-state index < -0.39 is 0 Å². The predicted octanol–water partition coefficient (Wildman–Crippen LogP) is 7.33. The Labute approximate surface area is 130 Å². The molecule has 122 valence electrons. The van der Waals surface area contributed by atoms with Crippen molar-refractivity contribution in [1.82, 2.24) is 0 Å². The van der Waals surface area contributed by atoms with Crippen LogP contribution in [0.15, 0.2) is 0 Å². The Kier molecular flexibility index (Phi) is 11.6. The normalized spacial score (nSPS) is 16.6. The maximum atomic E-state index is 2.50. The summed E-state index contributed by atoms with van der Waals surface area (Å²) in [5, 5.41) is 0. The first-order valence-electron chi connectivity index (χ1n) is 9.46. The molecule has 0 saturated heterocycles. The van der Waals surface area contributed by atoms with Crippen molar-refractivity contribution < 1.29 is 0 Å². The molecule has 0 aromatic carbocycles. The van der Waals surface area contributed by atoms with Gasteiger partial charge in [-0.15, -0.1) is 0 Å². The highest BCUT2D eigenvalue weighted by Gasteiger charge is 2.22. The first kappa shape index (κ1) is 20.0. The van der Waals surface area contributed by atoms with E-state index in [2.05, 4.69) is 48.5 Å². The van der Waals surface area contributed by atoms with E-state index in [0.29, 0.717) is 0 Å². The molecular formula is C20H42. The van der Waals surface area contributed by atoms with Gasteiger partial charge in [0.05, 0.1) is 0 Å². The van der Waals surface area contributed by atoms with Gasteiger partial charge in [0.2, 0.25) is 0 Å². The molecule has 0 fully saturated rings. The maximum absolute atomic E-state index is 2.50. The van der Waals surface area contributed by atoms with Crippen LogP contribution in [0.2, 0.25) is 0 Å². The zero-order valence-corrected chi connectivity index (χ0v) is 15.5. The molecule has 0 heterocycles. The van der Waals surface area contributed by atoms with Gasteiger partial charge in [0.15, 0.2) is 0 Å². The van der Waals surface area contributed by atoms with Crippen LogP contribution in [0.25, 0.3) is 0 Å². The standard InChI is InChI=1S/C20H42/c1-8-17(6)15-20(16(4)5)18(7)13-11-12-14-19(9-2)10-3/h16-20H,8-15H2,1-7H3. The SMILES string of the molecule is CCC(C)CC(C(C)C)C(C)CCCCC(CC)CC. The molecule has 0 spiro atoms. The van der Waals surface area contributed by atoms with Gasteiger partial charge in [0, 0.05) is 0 Å². The summed E-state index contributed by atoms with van der Waals surface area (Å²) in [4.78, 5) is 0. The minimum absolute atomic E-state index is 0.845. The highest BCUT2D eigenvalue weighted by Crippen LogP contribution is 2.32. The van der Waals surface area contributed by atoms with Gasteiger partial charge in [0.1, 0.15) is 0 Å². The van der Waals surface area contributed by atoms with Crippen molar-refractivity contribution >= 4 is 0 Å². The molecule has 0 heteroatoms. The third-order valence-electron chi connectivity index (χ3n) is 5.64. The number of hydrogen-bond acceptors (Lipinski definition) is 0. The predicted molar refractivity (Wildman–Crippen MR) is 94.1 cm³/mol. The number of rotatable bonds is 12. The molecule has 20 heavy (non-hydrogen) atoms. The Hall–Kier alpha value is 0. The average Bonchev–Trinajstić information content (AvgIpc) is 2.43. The highest BCUT2D eigenvalue weighted by atomic mass is 14.3. The van der Waals surface area contributed by atoms with Crippen LogP contribution >= 0.6 is 0 Å². The molecule has 0 amide bonds. The fourth-order valence-electron chi connectivity index (χ4n) is 3.60. The molecule has 0 nitrogen and oxygen atoms in total. The zero-order valence-electron chi connectivity index (χ0n) is 15.5. The van der Waals surface area contributed by atoms with E-state index in [9.17, 15) is 0 Å². The van der Waals surface area contributed by atoms with E-state index in [1.807, 2.05) is 0 Å². The summed E-state index contributed by atoms with van der Waals surface area (Å²) >= 11 is 0. The highest BCUT2D eigenvalue weighted by molar-refractivity contribution is 4.72. The van der Waals surface area contributed by atoms with Crippen molar-refractivity contribution in [1.29, 1.82) is 0 Å². The van der Waals surface area contributed by atoms with Crippen LogP contribution in [0, 0.1) is 29.6 Å². The second kappa shape index (κ2) is 11.6. The van der Waals surface area contributed by atoms with E-state index in [-0.39, 0.29) is 0 Å².